The third-order valence-electron chi connectivity index (χ3n) is 2.37. The fourth-order valence-corrected chi connectivity index (χ4v) is 1.93. The SMILES string of the molecule is Cc1ccc(Br)cc1CCNC(=O)OC(C)(C)C. The van der Waals surface area contributed by atoms with Gasteiger partial charge in [-0.15, -0.1) is 0 Å². The number of hydrogen-bond acceptors (Lipinski definition) is 2. The molecule has 0 spiro atoms. The highest BCUT2D eigenvalue weighted by Crippen LogP contribution is 2.16. The second-order valence-electron chi connectivity index (χ2n) is 5.25. The highest BCUT2D eigenvalue weighted by Gasteiger charge is 2.15. The van der Waals surface area contributed by atoms with Crippen LogP contribution in [0, 0.1) is 6.92 Å². The second-order valence-corrected chi connectivity index (χ2v) is 6.17. The Morgan fingerprint density at radius 2 is 2.06 bits per heavy atom. The van der Waals surface area contributed by atoms with Gasteiger partial charge < -0.3 is 10.1 Å². The Balaban J connectivity index is 2.42. The molecule has 0 saturated heterocycles. The summed E-state index contributed by atoms with van der Waals surface area (Å²) in [7, 11) is 0. The lowest BCUT2D eigenvalue weighted by atomic mass is 10.1. The summed E-state index contributed by atoms with van der Waals surface area (Å²) < 4.78 is 6.23. The van der Waals surface area contributed by atoms with Crippen molar-refractivity contribution in [1.29, 1.82) is 0 Å². The lowest BCUT2D eigenvalue weighted by molar-refractivity contribution is 0.0528. The molecule has 0 aromatic heterocycles. The van der Waals surface area contributed by atoms with Crippen molar-refractivity contribution in [1.82, 2.24) is 5.32 Å². The van der Waals surface area contributed by atoms with Crippen LogP contribution in [0.2, 0.25) is 0 Å². The second kappa shape index (κ2) is 6.23. The summed E-state index contributed by atoms with van der Waals surface area (Å²) in [6, 6.07) is 6.15. The number of alkyl carbamates (subject to hydrolysis) is 1. The molecule has 3 nitrogen and oxygen atoms in total. The quantitative estimate of drug-likeness (QED) is 0.921. The van der Waals surface area contributed by atoms with Crippen molar-refractivity contribution in [3.63, 3.8) is 0 Å². The highest BCUT2D eigenvalue weighted by molar-refractivity contribution is 9.10. The van der Waals surface area contributed by atoms with Crippen LogP contribution < -0.4 is 5.32 Å². The van der Waals surface area contributed by atoms with Crippen LogP contribution in [0.1, 0.15) is 31.9 Å². The molecule has 18 heavy (non-hydrogen) atoms. The van der Waals surface area contributed by atoms with Crippen molar-refractivity contribution < 1.29 is 9.53 Å². The molecule has 0 fully saturated rings. The number of aryl methyl sites for hydroxylation is 1. The first-order valence-corrected chi connectivity index (χ1v) is 6.79. The van der Waals surface area contributed by atoms with Crippen molar-refractivity contribution in [2.45, 2.75) is 39.7 Å². The maximum atomic E-state index is 11.5. The van der Waals surface area contributed by atoms with E-state index >= 15 is 0 Å². The third-order valence-corrected chi connectivity index (χ3v) is 2.87. The molecule has 1 rings (SSSR count). The fraction of sp³-hybridized carbons (Fsp3) is 0.500. The number of carbonyl (C=O) groups excluding carboxylic acids is 1. The van der Waals surface area contributed by atoms with Crippen LogP contribution in [0.5, 0.6) is 0 Å². The third kappa shape index (κ3) is 5.54. The van der Waals surface area contributed by atoms with E-state index in [1.54, 1.807) is 0 Å². The average molecular weight is 314 g/mol. The van der Waals surface area contributed by atoms with E-state index in [4.69, 9.17) is 4.74 Å². The lowest BCUT2D eigenvalue weighted by Crippen LogP contribution is -2.33. The molecule has 0 bridgehead atoms. The largest absolute Gasteiger partial charge is 0.444 e. The van der Waals surface area contributed by atoms with Crippen molar-refractivity contribution in [3.05, 3.63) is 33.8 Å². The molecule has 1 N–H and O–H groups in total. The Bertz CT molecular complexity index is 424. The van der Waals surface area contributed by atoms with Gasteiger partial charge in [-0.1, -0.05) is 22.0 Å². The van der Waals surface area contributed by atoms with Gasteiger partial charge >= 0.3 is 6.09 Å². The summed E-state index contributed by atoms with van der Waals surface area (Å²) in [5.41, 5.74) is 2.00. The van der Waals surface area contributed by atoms with Crippen molar-refractivity contribution >= 4 is 22.0 Å². The van der Waals surface area contributed by atoms with Crippen LogP contribution in [0.3, 0.4) is 0 Å². The number of ether oxygens (including phenoxy) is 1. The maximum Gasteiger partial charge on any atom is 0.407 e. The number of hydrogen-bond donors (Lipinski definition) is 1. The smallest absolute Gasteiger partial charge is 0.407 e. The zero-order chi connectivity index (χ0) is 13.8. The van der Waals surface area contributed by atoms with Gasteiger partial charge in [-0.2, -0.15) is 0 Å². The Morgan fingerprint density at radius 3 is 2.67 bits per heavy atom. The van der Waals surface area contributed by atoms with Crippen LogP contribution in [0.4, 0.5) is 4.79 Å². The van der Waals surface area contributed by atoms with Crippen molar-refractivity contribution in [2.24, 2.45) is 0 Å². The van der Waals surface area contributed by atoms with Gasteiger partial charge in [-0.25, -0.2) is 4.79 Å². The summed E-state index contributed by atoms with van der Waals surface area (Å²) in [5.74, 6) is 0. The predicted octanol–water partition coefficient (Wildman–Crippen LogP) is 3.82. The molecule has 0 aliphatic carbocycles. The summed E-state index contributed by atoms with van der Waals surface area (Å²) in [5, 5.41) is 2.76. The molecule has 4 heteroatoms. The highest BCUT2D eigenvalue weighted by atomic mass is 79.9. The molecule has 0 radical (unpaired) electrons. The van der Waals surface area contributed by atoms with Gasteiger partial charge in [0.05, 0.1) is 0 Å². The number of benzene rings is 1. The van der Waals surface area contributed by atoms with E-state index in [9.17, 15) is 4.79 Å². The molecule has 0 unspecified atom stereocenters. The van der Waals surface area contributed by atoms with Gasteiger partial charge in [-0.3, -0.25) is 0 Å². The van der Waals surface area contributed by atoms with Crippen LogP contribution in [-0.2, 0) is 11.2 Å². The minimum atomic E-state index is -0.449. The monoisotopic (exact) mass is 313 g/mol. The standard InChI is InChI=1S/C14H20BrNO2/c1-10-5-6-12(15)9-11(10)7-8-16-13(17)18-14(2,3)4/h5-6,9H,7-8H2,1-4H3,(H,16,17). The Kier molecular flexibility index (Phi) is 5.20. The molecule has 100 valence electrons. The topological polar surface area (TPSA) is 38.3 Å². The normalized spacial score (nSPS) is 11.2. The number of rotatable bonds is 3. The molecule has 0 heterocycles. The summed E-state index contributed by atoms with van der Waals surface area (Å²) in [6.45, 7) is 8.20. The van der Waals surface area contributed by atoms with Crippen LogP contribution in [0.25, 0.3) is 0 Å². The van der Waals surface area contributed by atoms with E-state index in [0.29, 0.717) is 6.54 Å². The maximum absolute atomic E-state index is 11.5. The predicted molar refractivity (Wildman–Crippen MR) is 76.8 cm³/mol. The first-order valence-electron chi connectivity index (χ1n) is 6.00. The molecule has 0 atom stereocenters. The number of carbonyl (C=O) groups is 1. The Hall–Kier alpha value is -1.03. The molecule has 0 saturated carbocycles. The van der Waals surface area contributed by atoms with Crippen LogP contribution >= 0.6 is 15.9 Å². The fourth-order valence-electron chi connectivity index (χ4n) is 1.52. The molecule has 0 aliphatic heterocycles. The van der Waals surface area contributed by atoms with E-state index in [2.05, 4.69) is 40.3 Å². The van der Waals surface area contributed by atoms with Crippen molar-refractivity contribution in [2.75, 3.05) is 6.54 Å². The van der Waals surface area contributed by atoms with Crippen molar-refractivity contribution in [3.8, 4) is 0 Å². The number of nitrogens with one attached hydrogen (secondary N) is 1. The number of halogens is 1. The number of amides is 1. The molecule has 1 aromatic carbocycles. The summed E-state index contributed by atoms with van der Waals surface area (Å²) in [4.78, 5) is 11.5. The summed E-state index contributed by atoms with van der Waals surface area (Å²) >= 11 is 3.44. The van der Waals surface area contributed by atoms with Crippen LogP contribution in [-0.4, -0.2) is 18.2 Å². The molecule has 0 aliphatic rings. The van der Waals surface area contributed by atoms with Gasteiger partial charge in [0.15, 0.2) is 0 Å². The Labute approximate surface area is 117 Å². The first kappa shape index (κ1) is 15.0. The summed E-state index contributed by atoms with van der Waals surface area (Å²) in [6.07, 6.45) is 0.431. The van der Waals surface area contributed by atoms with Crippen LogP contribution in [0.15, 0.2) is 22.7 Å². The molecular formula is C14H20BrNO2. The van der Waals surface area contributed by atoms with E-state index < -0.39 is 5.60 Å². The molecule has 1 amide bonds. The first-order chi connectivity index (χ1) is 8.28. The van der Waals surface area contributed by atoms with E-state index in [-0.39, 0.29) is 6.09 Å². The van der Waals surface area contributed by atoms with Gasteiger partial charge in [0, 0.05) is 11.0 Å². The van der Waals surface area contributed by atoms with Gasteiger partial charge in [0.25, 0.3) is 0 Å². The van der Waals surface area contributed by atoms with E-state index in [1.807, 2.05) is 26.8 Å². The van der Waals surface area contributed by atoms with Gasteiger partial charge in [0.2, 0.25) is 0 Å². The lowest BCUT2D eigenvalue weighted by Gasteiger charge is -2.19. The van der Waals surface area contributed by atoms with E-state index in [0.717, 1.165) is 10.9 Å². The van der Waals surface area contributed by atoms with Gasteiger partial charge in [-0.05, 0) is 57.4 Å². The van der Waals surface area contributed by atoms with Gasteiger partial charge in [0.1, 0.15) is 5.60 Å². The molecule has 1 aromatic rings. The zero-order valence-electron chi connectivity index (χ0n) is 11.3. The molecular weight excluding hydrogens is 294 g/mol. The van der Waals surface area contributed by atoms with E-state index in [1.165, 1.54) is 11.1 Å². The average Bonchev–Trinajstić information content (AvgIpc) is 2.20. The minimum absolute atomic E-state index is 0.366. The Morgan fingerprint density at radius 1 is 1.39 bits per heavy atom. The zero-order valence-corrected chi connectivity index (χ0v) is 12.9. The minimum Gasteiger partial charge on any atom is -0.444 e.